The second-order valence-electron chi connectivity index (χ2n) is 3.31. The molecular weight excluding hydrogens is 234 g/mol. The van der Waals surface area contributed by atoms with Gasteiger partial charge in [0.05, 0.1) is 13.7 Å². The first-order chi connectivity index (χ1) is 8.71. The molecule has 0 bridgehead atoms. The Kier molecular flexibility index (Phi) is 5.44. The lowest BCUT2D eigenvalue weighted by Crippen LogP contribution is -2.20. The van der Waals surface area contributed by atoms with Crippen LogP contribution in [-0.2, 0) is 14.3 Å². The molecule has 0 atom stereocenters. The van der Waals surface area contributed by atoms with Crippen LogP contribution in [0.5, 0.6) is 5.75 Å². The van der Waals surface area contributed by atoms with Crippen LogP contribution in [0, 0.1) is 0 Å². The molecule has 5 heteroatoms. The second-order valence-corrected chi connectivity index (χ2v) is 3.31. The van der Waals surface area contributed by atoms with Gasteiger partial charge in [-0.25, -0.2) is 4.79 Å². The van der Waals surface area contributed by atoms with Crippen molar-refractivity contribution < 1.29 is 19.1 Å². The highest BCUT2D eigenvalue weighted by Gasteiger charge is 2.09. The maximum Gasteiger partial charge on any atom is 0.354 e. The van der Waals surface area contributed by atoms with Gasteiger partial charge in [-0.3, -0.25) is 4.79 Å². The molecule has 18 heavy (non-hydrogen) atoms. The molecule has 0 saturated carbocycles. The summed E-state index contributed by atoms with van der Waals surface area (Å²) in [6.07, 6.45) is 1.97. The van der Waals surface area contributed by atoms with E-state index in [0.717, 1.165) is 5.56 Å². The molecule has 0 spiro atoms. The van der Waals surface area contributed by atoms with Gasteiger partial charge in [0.25, 0.3) is 0 Å². The summed E-state index contributed by atoms with van der Waals surface area (Å²) in [5, 5.41) is 2.32. The minimum absolute atomic E-state index is 0.0945. The highest BCUT2D eigenvalue weighted by Crippen LogP contribution is 2.13. The Bertz CT molecular complexity index is 437. The lowest BCUT2D eigenvalue weighted by molar-refractivity contribution is -0.139. The molecule has 1 rings (SSSR count). The lowest BCUT2D eigenvalue weighted by atomic mass is 10.2. The minimum atomic E-state index is -0.569. The van der Waals surface area contributed by atoms with Crippen molar-refractivity contribution in [3.05, 3.63) is 35.5 Å². The Morgan fingerprint density at radius 3 is 2.50 bits per heavy atom. The molecule has 96 valence electrons. The van der Waals surface area contributed by atoms with Gasteiger partial charge in [0, 0.05) is 0 Å². The average Bonchev–Trinajstić information content (AvgIpc) is 2.39. The SMILES string of the molecule is CCOC(=O)/C(=C/c1ccc(OC)cc1)NC=O. The van der Waals surface area contributed by atoms with Crippen LogP contribution in [0.4, 0.5) is 0 Å². The van der Waals surface area contributed by atoms with Gasteiger partial charge in [-0.05, 0) is 30.7 Å². The van der Waals surface area contributed by atoms with E-state index >= 15 is 0 Å². The summed E-state index contributed by atoms with van der Waals surface area (Å²) >= 11 is 0. The normalized spacial score (nSPS) is 10.7. The van der Waals surface area contributed by atoms with Crippen molar-refractivity contribution in [1.82, 2.24) is 5.32 Å². The summed E-state index contributed by atoms with van der Waals surface area (Å²) in [7, 11) is 1.57. The average molecular weight is 249 g/mol. The van der Waals surface area contributed by atoms with Gasteiger partial charge in [0.1, 0.15) is 11.4 Å². The number of methoxy groups -OCH3 is 1. The number of hydrogen-bond acceptors (Lipinski definition) is 4. The highest BCUT2D eigenvalue weighted by molar-refractivity contribution is 5.95. The zero-order chi connectivity index (χ0) is 13.4. The molecule has 0 fully saturated rings. The zero-order valence-corrected chi connectivity index (χ0v) is 10.3. The maximum atomic E-state index is 11.5. The van der Waals surface area contributed by atoms with E-state index in [2.05, 4.69) is 5.32 Å². The molecule has 1 aromatic rings. The summed E-state index contributed by atoms with van der Waals surface area (Å²) < 4.78 is 9.84. The van der Waals surface area contributed by atoms with Crippen LogP contribution in [0.15, 0.2) is 30.0 Å². The van der Waals surface area contributed by atoms with Crippen LogP contribution < -0.4 is 10.1 Å². The van der Waals surface area contributed by atoms with Gasteiger partial charge in [-0.2, -0.15) is 0 Å². The van der Waals surface area contributed by atoms with E-state index in [1.807, 2.05) is 0 Å². The lowest BCUT2D eigenvalue weighted by Gasteiger charge is -2.05. The topological polar surface area (TPSA) is 64.6 Å². The van der Waals surface area contributed by atoms with Crippen LogP contribution in [0.1, 0.15) is 12.5 Å². The number of carbonyl (C=O) groups excluding carboxylic acids is 2. The van der Waals surface area contributed by atoms with Crippen molar-refractivity contribution in [1.29, 1.82) is 0 Å². The van der Waals surface area contributed by atoms with E-state index in [4.69, 9.17) is 9.47 Å². The molecule has 0 heterocycles. The first-order valence-electron chi connectivity index (χ1n) is 5.44. The molecule has 0 saturated heterocycles. The fourth-order valence-corrected chi connectivity index (χ4v) is 1.30. The Morgan fingerprint density at radius 2 is 2.00 bits per heavy atom. The van der Waals surface area contributed by atoms with Crippen LogP contribution in [0.2, 0.25) is 0 Å². The number of amides is 1. The summed E-state index contributed by atoms with van der Waals surface area (Å²) in [6, 6.07) is 7.06. The third-order valence-corrected chi connectivity index (χ3v) is 2.14. The predicted octanol–water partition coefficient (Wildman–Crippen LogP) is 1.35. The van der Waals surface area contributed by atoms with Gasteiger partial charge >= 0.3 is 5.97 Å². The monoisotopic (exact) mass is 249 g/mol. The number of rotatable bonds is 6. The van der Waals surface area contributed by atoms with E-state index in [9.17, 15) is 9.59 Å². The van der Waals surface area contributed by atoms with Crippen LogP contribution in [-0.4, -0.2) is 26.1 Å². The summed E-state index contributed by atoms with van der Waals surface area (Å²) in [5.41, 5.74) is 0.852. The van der Waals surface area contributed by atoms with E-state index < -0.39 is 5.97 Å². The molecule has 0 radical (unpaired) electrons. The number of esters is 1. The Hall–Kier alpha value is -2.30. The van der Waals surface area contributed by atoms with Crippen molar-refractivity contribution in [2.75, 3.05) is 13.7 Å². The quantitative estimate of drug-likeness (QED) is 0.469. The minimum Gasteiger partial charge on any atom is -0.497 e. The third kappa shape index (κ3) is 3.93. The van der Waals surface area contributed by atoms with Gasteiger partial charge in [0.2, 0.25) is 6.41 Å². The van der Waals surface area contributed by atoms with Crippen molar-refractivity contribution in [2.24, 2.45) is 0 Å². The van der Waals surface area contributed by atoms with E-state index in [1.165, 1.54) is 6.08 Å². The van der Waals surface area contributed by atoms with E-state index in [-0.39, 0.29) is 12.3 Å². The number of carbonyl (C=O) groups is 2. The van der Waals surface area contributed by atoms with Gasteiger partial charge < -0.3 is 14.8 Å². The number of hydrogen-bond donors (Lipinski definition) is 1. The largest absolute Gasteiger partial charge is 0.497 e. The summed E-state index contributed by atoms with van der Waals surface area (Å²) in [4.78, 5) is 22.0. The molecule has 5 nitrogen and oxygen atoms in total. The smallest absolute Gasteiger partial charge is 0.354 e. The predicted molar refractivity (Wildman–Crippen MR) is 66.8 cm³/mol. The second kappa shape index (κ2) is 7.11. The molecular formula is C13H15NO4. The van der Waals surface area contributed by atoms with Crippen molar-refractivity contribution in [3.63, 3.8) is 0 Å². The van der Waals surface area contributed by atoms with Gasteiger partial charge in [-0.1, -0.05) is 12.1 Å². The Balaban J connectivity index is 2.92. The van der Waals surface area contributed by atoms with Crippen LogP contribution in [0.25, 0.3) is 6.08 Å². The first kappa shape index (κ1) is 13.8. The molecule has 0 aliphatic carbocycles. The highest BCUT2D eigenvalue weighted by atomic mass is 16.5. The Labute approximate surface area is 105 Å². The fourth-order valence-electron chi connectivity index (χ4n) is 1.30. The van der Waals surface area contributed by atoms with Crippen molar-refractivity contribution >= 4 is 18.5 Å². The van der Waals surface area contributed by atoms with Gasteiger partial charge in [0.15, 0.2) is 0 Å². The zero-order valence-electron chi connectivity index (χ0n) is 10.3. The standard InChI is InChI=1S/C13H15NO4/c1-3-18-13(16)12(14-9-15)8-10-4-6-11(17-2)7-5-10/h4-9H,3H2,1-2H3,(H,14,15)/b12-8-. The first-order valence-corrected chi connectivity index (χ1v) is 5.44. The van der Waals surface area contributed by atoms with Crippen LogP contribution >= 0.6 is 0 Å². The molecule has 1 amide bonds. The number of ether oxygens (including phenoxy) is 2. The van der Waals surface area contributed by atoms with Gasteiger partial charge in [-0.15, -0.1) is 0 Å². The molecule has 0 aliphatic rings. The molecule has 1 N–H and O–H groups in total. The fraction of sp³-hybridized carbons (Fsp3) is 0.231. The summed E-state index contributed by atoms with van der Waals surface area (Å²) in [6.45, 7) is 1.95. The number of benzene rings is 1. The van der Waals surface area contributed by atoms with Crippen LogP contribution in [0.3, 0.4) is 0 Å². The van der Waals surface area contributed by atoms with Crippen molar-refractivity contribution in [2.45, 2.75) is 6.92 Å². The molecule has 0 unspecified atom stereocenters. The van der Waals surface area contributed by atoms with Crippen molar-refractivity contribution in [3.8, 4) is 5.75 Å². The number of nitrogens with one attached hydrogen (secondary N) is 1. The molecule has 0 aliphatic heterocycles. The van der Waals surface area contributed by atoms with E-state index in [0.29, 0.717) is 12.2 Å². The third-order valence-electron chi connectivity index (χ3n) is 2.14. The molecule has 0 aromatic heterocycles. The summed E-state index contributed by atoms with van der Waals surface area (Å²) in [5.74, 6) is 0.147. The van der Waals surface area contributed by atoms with E-state index in [1.54, 1.807) is 38.3 Å². The molecule has 1 aromatic carbocycles. The Morgan fingerprint density at radius 1 is 1.33 bits per heavy atom. The maximum absolute atomic E-state index is 11.5.